The third kappa shape index (κ3) is 5.84. The molecule has 0 aliphatic rings. The molecule has 110 valence electrons. The summed E-state index contributed by atoms with van der Waals surface area (Å²) in [5.74, 6) is -0.212. The summed E-state index contributed by atoms with van der Waals surface area (Å²) in [6.45, 7) is 0.328. The Hall–Kier alpha value is -1.88. The highest BCUT2D eigenvalue weighted by Gasteiger charge is 2.13. The van der Waals surface area contributed by atoms with Crippen molar-refractivity contribution in [1.29, 1.82) is 0 Å². The Morgan fingerprint density at radius 1 is 1.25 bits per heavy atom. The molecule has 0 bridgehead atoms. The monoisotopic (exact) mass is 277 g/mol. The van der Waals surface area contributed by atoms with Gasteiger partial charge in [-0.1, -0.05) is 30.3 Å². The standard InChI is InChI=1S/C15H23N3O2/c1-18(2)14(19)10-11-17-15(20)13(16)9-8-12-6-4-3-5-7-12/h3-7,13H,8-11,16H2,1-2H3,(H,17,20)/t13-/m0/s1. The molecule has 1 aromatic rings. The number of hydrogen-bond donors (Lipinski definition) is 2. The number of carbonyl (C=O) groups is 2. The van der Waals surface area contributed by atoms with Gasteiger partial charge in [-0.2, -0.15) is 0 Å². The first-order chi connectivity index (χ1) is 9.50. The number of aryl methyl sites for hydroxylation is 1. The van der Waals surface area contributed by atoms with E-state index in [1.807, 2.05) is 30.3 Å². The largest absolute Gasteiger partial charge is 0.354 e. The number of nitrogens with zero attached hydrogens (tertiary/aromatic N) is 1. The maximum Gasteiger partial charge on any atom is 0.236 e. The molecule has 5 nitrogen and oxygen atoms in total. The molecule has 0 unspecified atom stereocenters. The first-order valence-electron chi connectivity index (χ1n) is 6.78. The zero-order chi connectivity index (χ0) is 15.0. The zero-order valence-corrected chi connectivity index (χ0v) is 12.1. The van der Waals surface area contributed by atoms with Gasteiger partial charge in [0.15, 0.2) is 0 Å². The van der Waals surface area contributed by atoms with Crippen LogP contribution in [0, 0.1) is 0 Å². The van der Waals surface area contributed by atoms with Crippen molar-refractivity contribution >= 4 is 11.8 Å². The van der Waals surface area contributed by atoms with Crippen LogP contribution in [-0.2, 0) is 16.0 Å². The molecule has 1 rings (SSSR count). The second-order valence-electron chi connectivity index (χ2n) is 4.96. The first kappa shape index (κ1) is 16.2. The Bertz CT molecular complexity index is 432. The van der Waals surface area contributed by atoms with Gasteiger partial charge in [-0.3, -0.25) is 9.59 Å². The van der Waals surface area contributed by atoms with Gasteiger partial charge < -0.3 is 16.0 Å². The molecule has 0 saturated heterocycles. The second-order valence-corrected chi connectivity index (χ2v) is 4.96. The van der Waals surface area contributed by atoms with E-state index in [1.165, 1.54) is 10.5 Å². The van der Waals surface area contributed by atoms with Gasteiger partial charge in [0.1, 0.15) is 0 Å². The van der Waals surface area contributed by atoms with Crippen LogP contribution in [0.4, 0.5) is 0 Å². The Morgan fingerprint density at radius 3 is 2.50 bits per heavy atom. The van der Waals surface area contributed by atoms with E-state index in [1.54, 1.807) is 14.1 Å². The molecule has 0 aromatic heterocycles. The number of benzene rings is 1. The molecule has 0 aliphatic carbocycles. The predicted octanol–water partition coefficient (Wildman–Crippen LogP) is 0.541. The normalized spacial score (nSPS) is 11.8. The predicted molar refractivity (Wildman–Crippen MR) is 79.1 cm³/mol. The molecule has 1 aromatic carbocycles. The van der Waals surface area contributed by atoms with Crippen molar-refractivity contribution in [2.45, 2.75) is 25.3 Å². The van der Waals surface area contributed by atoms with Crippen molar-refractivity contribution in [3.8, 4) is 0 Å². The maximum atomic E-state index is 11.8. The molecule has 0 aliphatic heterocycles. The van der Waals surface area contributed by atoms with Gasteiger partial charge >= 0.3 is 0 Å². The summed E-state index contributed by atoms with van der Waals surface area (Å²) in [6, 6.07) is 9.38. The number of amides is 2. The number of rotatable bonds is 7. The summed E-state index contributed by atoms with van der Waals surface area (Å²) in [5.41, 5.74) is 7.00. The quantitative estimate of drug-likeness (QED) is 0.764. The van der Waals surface area contributed by atoms with Crippen LogP contribution >= 0.6 is 0 Å². The molecule has 0 saturated carbocycles. The summed E-state index contributed by atoms with van der Waals surface area (Å²) in [6.07, 6.45) is 1.66. The van der Waals surface area contributed by atoms with Crippen LogP contribution in [0.15, 0.2) is 30.3 Å². The highest BCUT2D eigenvalue weighted by molar-refractivity contribution is 5.82. The van der Waals surface area contributed by atoms with Crippen LogP contribution in [0.25, 0.3) is 0 Å². The van der Waals surface area contributed by atoms with E-state index in [4.69, 9.17) is 5.73 Å². The summed E-state index contributed by atoms with van der Waals surface area (Å²) < 4.78 is 0. The molecular formula is C15H23N3O2. The van der Waals surface area contributed by atoms with Gasteiger partial charge in [-0.15, -0.1) is 0 Å². The van der Waals surface area contributed by atoms with E-state index in [9.17, 15) is 9.59 Å². The lowest BCUT2D eigenvalue weighted by atomic mass is 10.1. The van der Waals surface area contributed by atoms with Crippen LogP contribution in [0.1, 0.15) is 18.4 Å². The minimum atomic E-state index is -0.537. The van der Waals surface area contributed by atoms with Gasteiger partial charge in [0.2, 0.25) is 11.8 Å². The summed E-state index contributed by atoms with van der Waals surface area (Å²) in [4.78, 5) is 24.6. The average molecular weight is 277 g/mol. The maximum absolute atomic E-state index is 11.8. The topological polar surface area (TPSA) is 75.4 Å². The Balaban J connectivity index is 2.24. The minimum absolute atomic E-state index is 0.0110. The molecule has 1 atom stereocenters. The highest BCUT2D eigenvalue weighted by Crippen LogP contribution is 2.04. The fourth-order valence-corrected chi connectivity index (χ4v) is 1.75. The van der Waals surface area contributed by atoms with Crippen LogP contribution in [-0.4, -0.2) is 43.4 Å². The Morgan fingerprint density at radius 2 is 1.90 bits per heavy atom. The van der Waals surface area contributed by atoms with E-state index in [-0.39, 0.29) is 11.8 Å². The second kappa shape index (κ2) is 8.32. The SMILES string of the molecule is CN(C)C(=O)CCNC(=O)[C@@H](N)CCc1ccccc1. The van der Waals surface area contributed by atoms with Crippen molar-refractivity contribution in [1.82, 2.24) is 10.2 Å². The number of nitrogens with two attached hydrogens (primary N) is 1. The van der Waals surface area contributed by atoms with Gasteiger partial charge in [-0.05, 0) is 18.4 Å². The molecular weight excluding hydrogens is 254 g/mol. The molecule has 0 heterocycles. The Kier molecular flexibility index (Phi) is 6.73. The van der Waals surface area contributed by atoms with E-state index >= 15 is 0 Å². The lowest BCUT2D eigenvalue weighted by Crippen LogP contribution is -2.42. The lowest BCUT2D eigenvalue weighted by Gasteiger charge is -2.13. The van der Waals surface area contributed by atoms with Crippen LogP contribution in [0.2, 0.25) is 0 Å². The molecule has 5 heteroatoms. The fourth-order valence-electron chi connectivity index (χ4n) is 1.75. The molecule has 3 N–H and O–H groups in total. The molecule has 0 fully saturated rings. The molecule has 20 heavy (non-hydrogen) atoms. The van der Waals surface area contributed by atoms with Crippen molar-refractivity contribution in [3.63, 3.8) is 0 Å². The average Bonchev–Trinajstić information content (AvgIpc) is 2.45. The van der Waals surface area contributed by atoms with Crippen molar-refractivity contribution in [2.24, 2.45) is 5.73 Å². The van der Waals surface area contributed by atoms with E-state index < -0.39 is 6.04 Å². The zero-order valence-electron chi connectivity index (χ0n) is 12.1. The lowest BCUT2D eigenvalue weighted by molar-refractivity contribution is -0.128. The summed E-state index contributed by atoms with van der Waals surface area (Å²) in [7, 11) is 3.38. The summed E-state index contributed by atoms with van der Waals surface area (Å²) in [5, 5.41) is 2.69. The molecule has 0 spiro atoms. The van der Waals surface area contributed by atoms with Crippen LogP contribution in [0.3, 0.4) is 0 Å². The minimum Gasteiger partial charge on any atom is -0.354 e. The van der Waals surface area contributed by atoms with E-state index in [0.717, 1.165) is 6.42 Å². The van der Waals surface area contributed by atoms with Crippen LogP contribution < -0.4 is 11.1 Å². The fraction of sp³-hybridized carbons (Fsp3) is 0.467. The van der Waals surface area contributed by atoms with Crippen molar-refractivity contribution in [3.05, 3.63) is 35.9 Å². The number of hydrogen-bond acceptors (Lipinski definition) is 3. The highest BCUT2D eigenvalue weighted by atomic mass is 16.2. The van der Waals surface area contributed by atoms with Crippen molar-refractivity contribution in [2.75, 3.05) is 20.6 Å². The Labute approximate surface area is 120 Å². The third-order valence-corrected chi connectivity index (χ3v) is 3.06. The molecule has 0 radical (unpaired) electrons. The number of nitrogens with one attached hydrogen (secondary N) is 1. The van der Waals surface area contributed by atoms with Gasteiger partial charge in [0.25, 0.3) is 0 Å². The first-order valence-corrected chi connectivity index (χ1v) is 6.78. The van der Waals surface area contributed by atoms with Crippen LogP contribution in [0.5, 0.6) is 0 Å². The van der Waals surface area contributed by atoms with Gasteiger partial charge in [-0.25, -0.2) is 0 Å². The smallest absolute Gasteiger partial charge is 0.236 e. The number of carbonyl (C=O) groups excluding carboxylic acids is 2. The van der Waals surface area contributed by atoms with Gasteiger partial charge in [0, 0.05) is 27.1 Å². The van der Waals surface area contributed by atoms with Crippen molar-refractivity contribution < 1.29 is 9.59 Å². The van der Waals surface area contributed by atoms with E-state index in [2.05, 4.69) is 5.32 Å². The molecule has 2 amide bonds. The third-order valence-electron chi connectivity index (χ3n) is 3.06. The van der Waals surface area contributed by atoms with Gasteiger partial charge in [0.05, 0.1) is 6.04 Å². The summed E-state index contributed by atoms with van der Waals surface area (Å²) >= 11 is 0. The van der Waals surface area contributed by atoms with E-state index in [0.29, 0.717) is 19.4 Å².